The van der Waals surface area contributed by atoms with E-state index in [1.54, 1.807) is 32.0 Å². The Kier molecular flexibility index (Phi) is 7.38. The molecule has 0 fully saturated rings. The molecule has 1 heterocycles. The zero-order valence-corrected chi connectivity index (χ0v) is 16.9. The van der Waals surface area contributed by atoms with Crippen molar-refractivity contribution >= 4 is 23.2 Å². The summed E-state index contributed by atoms with van der Waals surface area (Å²) in [7, 11) is 1.45. The Morgan fingerprint density at radius 1 is 1.10 bits per heavy atom. The summed E-state index contributed by atoms with van der Waals surface area (Å²) in [6.45, 7) is 4.70. The molecule has 2 atom stereocenters. The number of amides is 2. The van der Waals surface area contributed by atoms with E-state index < -0.39 is 24.0 Å². The third-order valence-corrected chi connectivity index (χ3v) is 4.25. The third-order valence-electron chi connectivity index (χ3n) is 4.25. The Morgan fingerprint density at radius 2 is 1.80 bits per heavy atom. The Labute approximate surface area is 172 Å². The molecule has 0 aliphatic carbocycles. The van der Waals surface area contributed by atoms with Gasteiger partial charge in [0, 0.05) is 24.8 Å². The number of hydrogen-bond acceptors (Lipinski definition) is 5. The predicted molar refractivity (Wildman–Crippen MR) is 106 cm³/mol. The van der Waals surface area contributed by atoms with Gasteiger partial charge in [0.1, 0.15) is 11.4 Å². The van der Waals surface area contributed by atoms with Gasteiger partial charge in [-0.1, -0.05) is 6.07 Å². The zero-order valence-electron chi connectivity index (χ0n) is 16.9. The fraction of sp³-hybridized carbons (Fsp3) is 0.350. The molecule has 162 valence electrons. The number of ether oxygens (including phenoxy) is 1. The van der Waals surface area contributed by atoms with Gasteiger partial charge in [0.05, 0.1) is 18.8 Å². The Bertz CT molecular complexity index is 901. The lowest BCUT2D eigenvalue weighted by Gasteiger charge is -2.21. The fourth-order valence-electron chi connectivity index (χ4n) is 2.70. The molecule has 1 aromatic carbocycles. The summed E-state index contributed by atoms with van der Waals surface area (Å²) >= 11 is 0. The topological polar surface area (TPSA) is 92.4 Å². The number of rotatable bonds is 7. The molecule has 10 heteroatoms. The number of alkyl halides is 3. The molecular weight excluding hydrogens is 401 g/mol. The highest BCUT2D eigenvalue weighted by Crippen LogP contribution is 2.29. The van der Waals surface area contributed by atoms with Gasteiger partial charge in [-0.25, -0.2) is 0 Å². The monoisotopic (exact) mass is 424 g/mol. The first kappa shape index (κ1) is 23.1. The number of halogens is 3. The maximum atomic E-state index is 12.6. The van der Waals surface area contributed by atoms with Crippen LogP contribution in [0.4, 0.5) is 24.5 Å². The summed E-state index contributed by atoms with van der Waals surface area (Å²) in [5.41, 5.74) is 0.387. The van der Waals surface area contributed by atoms with E-state index in [4.69, 9.17) is 4.74 Å². The van der Waals surface area contributed by atoms with E-state index in [9.17, 15) is 22.8 Å². The lowest BCUT2D eigenvalue weighted by Crippen LogP contribution is -2.39. The lowest BCUT2D eigenvalue weighted by atomic mass is 10.1. The molecule has 0 aliphatic rings. The van der Waals surface area contributed by atoms with Gasteiger partial charge < -0.3 is 15.4 Å². The van der Waals surface area contributed by atoms with Crippen LogP contribution in [0.3, 0.4) is 0 Å². The summed E-state index contributed by atoms with van der Waals surface area (Å²) in [6.07, 6.45) is -3.38. The summed E-state index contributed by atoms with van der Waals surface area (Å²) in [5.74, 6) is -0.240. The summed E-state index contributed by atoms with van der Waals surface area (Å²) in [4.78, 5) is 27.3. The number of pyridine rings is 1. The van der Waals surface area contributed by atoms with Gasteiger partial charge in [-0.2, -0.15) is 13.2 Å². The molecule has 7 nitrogen and oxygen atoms in total. The molecule has 2 amide bonds. The summed E-state index contributed by atoms with van der Waals surface area (Å²) in [5, 5.41) is 8.35. The normalized spacial score (nSPS) is 13.3. The SMILES string of the molecule is COc1ccc(NC(C)=O)cc1NC(=O)C(C)N[C@H](C)c1ccc(C(F)(F)F)nc1. The molecule has 0 spiro atoms. The summed E-state index contributed by atoms with van der Waals surface area (Å²) < 4.78 is 43.1. The van der Waals surface area contributed by atoms with Crippen LogP contribution in [0.5, 0.6) is 5.75 Å². The molecule has 0 bridgehead atoms. The van der Waals surface area contributed by atoms with Crippen LogP contribution in [0, 0.1) is 0 Å². The number of anilines is 2. The number of hydrogen-bond donors (Lipinski definition) is 3. The molecule has 1 unspecified atom stereocenters. The molecule has 30 heavy (non-hydrogen) atoms. The maximum absolute atomic E-state index is 12.6. The Morgan fingerprint density at radius 3 is 2.33 bits per heavy atom. The van der Waals surface area contributed by atoms with Crippen molar-refractivity contribution in [3.8, 4) is 5.75 Å². The van der Waals surface area contributed by atoms with Crippen molar-refractivity contribution in [2.75, 3.05) is 17.7 Å². The minimum absolute atomic E-state index is 0.258. The number of methoxy groups -OCH3 is 1. The number of nitrogens with zero attached hydrogens (tertiary/aromatic N) is 1. The number of nitrogens with one attached hydrogen (secondary N) is 3. The first-order valence-electron chi connectivity index (χ1n) is 9.07. The third kappa shape index (κ3) is 6.18. The highest BCUT2D eigenvalue weighted by molar-refractivity contribution is 5.97. The molecule has 0 radical (unpaired) electrons. The van der Waals surface area contributed by atoms with Crippen molar-refractivity contribution in [3.63, 3.8) is 0 Å². The standard InChI is InChI=1S/C20H23F3N4O3/c1-11(14-5-8-18(24-10-14)20(21,22)23)25-12(2)19(29)27-16-9-15(26-13(3)28)6-7-17(16)30-4/h5-12,25H,1-4H3,(H,26,28)(H,27,29)/t11-,12?/m1/s1. The maximum Gasteiger partial charge on any atom is 0.433 e. The fourth-order valence-corrected chi connectivity index (χ4v) is 2.70. The van der Waals surface area contributed by atoms with Gasteiger partial charge in [0.15, 0.2) is 0 Å². The average molecular weight is 424 g/mol. The Balaban J connectivity index is 2.06. The van der Waals surface area contributed by atoms with Crippen LogP contribution in [-0.2, 0) is 15.8 Å². The van der Waals surface area contributed by atoms with Crippen molar-refractivity contribution < 1.29 is 27.5 Å². The number of benzene rings is 1. The van der Waals surface area contributed by atoms with Crippen LogP contribution >= 0.6 is 0 Å². The van der Waals surface area contributed by atoms with Crippen molar-refractivity contribution in [2.24, 2.45) is 0 Å². The second-order valence-corrected chi connectivity index (χ2v) is 6.67. The second-order valence-electron chi connectivity index (χ2n) is 6.67. The minimum Gasteiger partial charge on any atom is -0.495 e. The summed E-state index contributed by atoms with van der Waals surface area (Å²) in [6, 6.07) is 5.92. The first-order chi connectivity index (χ1) is 14.0. The van der Waals surface area contributed by atoms with Crippen LogP contribution in [0.15, 0.2) is 36.5 Å². The largest absolute Gasteiger partial charge is 0.495 e. The van der Waals surface area contributed by atoms with Gasteiger partial charge in [0.2, 0.25) is 11.8 Å². The molecule has 3 N–H and O–H groups in total. The predicted octanol–water partition coefficient (Wildman–Crippen LogP) is 3.75. The first-order valence-corrected chi connectivity index (χ1v) is 9.07. The van der Waals surface area contributed by atoms with Crippen LogP contribution in [0.2, 0.25) is 0 Å². The molecule has 2 rings (SSSR count). The zero-order chi connectivity index (χ0) is 22.5. The number of aromatic nitrogens is 1. The molecule has 1 aromatic heterocycles. The van der Waals surface area contributed by atoms with E-state index in [1.807, 2.05) is 0 Å². The van der Waals surface area contributed by atoms with Crippen molar-refractivity contribution in [2.45, 2.75) is 39.0 Å². The van der Waals surface area contributed by atoms with Crippen LogP contribution in [-0.4, -0.2) is 29.9 Å². The van der Waals surface area contributed by atoms with Gasteiger partial charge >= 0.3 is 6.18 Å². The van der Waals surface area contributed by atoms with E-state index in [-0.39, 0.29) is 11.8 Å². The smallest absolute Gasteiger partial charge is 0.433 e. The molecule has 0 saturated carbocycles. The lowest BCUT2D eigenvalue weighted by molar-refractivity contribution is -0.141. The van der Waals surface area contributed by atoms with Crippen molar-refractivity contribution in [3.05, 3.63) is 47.8 Å². The Hall–Kier alpha value is -3.14. The van der Waals surface area contributed by atoms with Crippen molar-refractivity contribution in [1.82, 2.24) is 10.3 Å². The highest BCUT2D eigenvalue weighted by atomic mass is 19.4. The van der Waals surface area contributed by atoms with Crippen LogP contribution < -0.4 is 20.7 Å². The van der Waals surface area contributed by atoms with E-state index >= 15 is 0 Å². The average Bonchev–Trinajstić information content (AvgIpc) is 2.67. The molecular formula is C20H23F3N4O3. The van der Waals surface area contributed by atoms with Gasteiger partial charge in [-0.15, -0.1) is 0 Å². The van der Waals surface area contributed by atoms with E-state index in [1.165, 1.54) is 20.1 Å². The van der Waals surface area contributed by atoms with Gasteiger partial charge in [-0.05, 0) is 43.7 Å². The second kappa shape index (κ2) is 9.57. The number of carbonyl (C=O) groups is 2. The van der Waals surface area contributed by atoms with E-state index in [0.717, 1.165) is 12.3 Å². The quantitative estimate of drug-likeness (QED) is 0.630. The van der Waals surface area contributed by atoms with E-state index in [0.29, 0.717) is 22.7 Å². The van der Waals surface area contributed by atoms with E-state index in [2.05, 4.69) is 20.9 Å². The molecule has 0 aliphatic heterocycles. The van der Waals surface area contributed by atoms with Gasteiger partial charge in [0.25, 0.3) is 0 Å². The van der Waals surface area contributed by atoms with Crippen LogP contribution in [0.25, 0.3) is 0 Å². The highest BCUT2D eigenvalue weighted by Gasteiger charge is 2.32. The van der Waals surface area contributed by atoms with Crippen LogP contribution in [0.1, 0.15) is 38.1 Å². The number of carbonyl (C=O) groups excluding carboxylic acids is 2. The molecule has 2 aromatic rings. The van der Waals surface area contributed by atoms with Crippen molar-refractivity contribution in [1.29, 1.82) is 0 Å². The minimum atomic E-state index is -4.51. The molecule has 0 saturated heterocycles. The van der Waals surface area contributed by atoms with Gasteiger partial charge in [-0.3, -0.25) is 19.9 Å².